The minimum absolute atomic E-state index is 0.0721. The first-order valence-electron chi connectivity index (χ1n) is 9.49. The van der Waals surface area contributed by atoms with Crippen molar-refractivity contribution in [2.45, 2.75) is 19.4 Å². The first-order chi connectivity index (χ1) is 14.0. The molecule has 0 atom stereocenters. The van der Waals surface area contributed by atoms with E-state index in [-0.39, 0.29) is 23.7 Å². The van der Waals surface area contributed by atoms with Crippen molar-refractivity contribution in [3.63, 3.8) is 0 Å². The van der Waals surface area contributed by atoms with Crippen LogP contribution in [-0.4, -0.2) is 40.8 Å². The summed E-state index contributed by atoms with van der Waals surface area (Å²) >= 11 is 0. The number of carbonyl (C=O) groups excluding carboxylic acids is 2. The Kier molecular flexibility index (Phi) is 4.88. The Balaban J connectivity index is 1.60. The van der Waals surface area contributed by atoms with Crippen LogP contribution in [0.25, 0.3) is 21.9 Å². The zero-order valence-electron chi connectivity index (χ0n) is 16.0. The van der Waals surface area contributed by atoms with Gasteiger partial charge in [-0.3, -0.25) is 9.59 Å². The standard InChI is InChI=1S/C22H21FN4O2/c1-2-20(28)27-11-16(12-27)26-22(29)19-10-25-21(24)18-9-14(6-7-17(18)19)13-4-3-5-15(23)8-13/h3-10,16H,2,11-12H2,1H3,(H2,24,25)(H,26,29). The largest absolute Gasteiger partial charge is 0.383 e. The number of hydrogen-bond donors (Lipinski definition) is 2. The van der Waals surface area contributed by atoms with Gasteiger partial charge in [-0.05, 0) is 34.7 Å². The minimum Gasteiger partial charge on any atom is -0.383 e. The van der Waals surface area contributed by atoms with Crippen molar-refractivity contribution < 1.29 is 14.0 Å². The van der Waals surface area contributed by atoms with Gasteiger partial charge in [0.25, 0.3) is 5.91 Å². The third-order valence-corrected chi connectivity index (χ3v) is 5.19. The van der Waals surface area contributed by atoms with Crippen LogP contribution >= 0.6 is 0 Å². The number of halogens is 1. The Morgan fingerprint density at radius 2 is 1.93 bits per heavy atom. The molecule has 1 fully saturated rings. The number of likely N-dealkylation sites (tertiary alicyclic amines) is 1. The fraction of sp³-hybridized carbons (Fsp3) is 0.227. The molecule has 1 aliphatic heterocycles. The lowest BCUT2D eigenvalue weighted by molar-refractivity contribution is -0.135. The molecule has 6 nitrogen and oxygen atoms in total. The van der Waals surface area contributed by atoms with Crippen LogP contribution < -0.4 is 11.1 Å². The Hall–Kier alpha value is -3.48. The number of fused-ring (bicyclic) bond motifs is 1. The molecule has 0 bridgehead atoms. The van der Waals surface area contributed by atoms with Crippen LogP contribution in [0.15, 0.2) is 48.7 Å². The summed E-state index contributed by atoms with van der Waals surface area (Å²) in [6.45, 7) is 2.85. The second-order valence-electron chi connectivity index (χ2n) is 7.15. The Bertz CT molecular complexity index is 1110. The van der Waals surface area contributed by atoms with Crippen molar-refractivity contribution in [2.24, 2.45) is 0 Å². The zero-order chi connectivity index (χ0) is 20.5. The van der Waals surface area contributed by atoms with Crippen LogP contribution in [0.3, 0.4) is 0 Å². The number of nitrogen functional groups attached to an aromatic ring is 1. The maximum Gasteiger partial charge on any atom is 0.253 e. The lowest BCUT2D eigenvalue weighted by atomic mass is 9.99. The van der Waals surface area contributed by atoms with Gasteiger partial charge in [-0.2, -0.15) is 0 Å². The Morgan fingerprint density at radius 3 is 2.66 bits per heavy atom. The summed E-state index contributed by atoms with van der Waals surface area (Å²) in [6, 6.07) is 11.7. The summed E-state index contributed by atoms with van der Waals surface area (Å²) in [4.78, 5) is 30.3. The number of anilines is 1. The van der Waals surface area contributed by atoms with Gasteiger partial charge in [0.15, 0.2) is 0 Å². The highest BCUT2D eigenvalue weighted by Crippen LogP contribution is 2.29. The molecule has 0 aliphatic carbocycles. The molecule has 2 heterocycles. The molecule has 2 amide bonds. The molecule has 7 heteroatoms. The molecule has 3 aromatic rings. The predicted octanol–water partition coefficient (Wildman–Crippen LogP) is 2.97. The molecule has 148 valence electrons. The molecule has 3 N–H and O–H groups in total. The monoisotopic (exact) mass is 392 g/mol. The molecule has 1 aromatic heterocycles. The quantitative estimate of drug-likeness (QED) is 0.715. The van der Waals surface area contributed by atoms with Gasteiger partial charge < -0.3 is 16.0 Å². The number of carbonyl (C=O) groups is 2. The SMILES string of the molecule is CCC(=O)N1CC(NC(=O)c2cnc(N)c3cc(-c4cccc(F)c4)ccc23)C1. The molecule has 0 spiro atoms. The number of nitrogens with zero attached hydrogens (tertiary/aromatic N) is 2. The van der Waals surface area contributed by atoms with Gasteiger partial charge >= 0.3 is 0 Å². The van der Waals surface area contributed by atoms with Gasteiger partial charge in [0.2, 0.25) is 5.91 Å². The number of amides is 2. The smallest absolute Gasteiger partial charge is 0.253 e. The van der Waals surface area contributed by atoms with E-state index in [4.69, 9.17) is 5.73 Å². The van der Waals surface area contributed by atoms with E-state index < -0.39 is 0 Å². The zero-order valence-corrected chi connectivity index (χ0v) is 16.0. The molecule has 2 aromatic carbocycles. The maximum atomic E-state index is 13.6. The number of nitrogens with two attached hydrogens (primary N) is 1. The predicted molar refractivity (Wildman–Crippen MR) is 110 cm³/mol. The van der Waals surface area contributed by atoms with E-state index >= 15 is 0 Å². The fourth-order valence-corrected chi connectivity index (χ4v) is 3.55. The minimum atomic E-state index is -0.321. The summed E-state index contributed by atoms with van der Waals surface area (Å²) in [5.74, 6) is -0.189. The molecule has 29 heavy (non-hydrogen) atoms. The van der Waals surface area contributed by atoms with Gasteiger partial charge in [0.05, 0.1) is 11.6 Å². The summed E-state index contributed by atoms with van der Waals surface area (Å²) in [7, 11) is 0. The number of hydrogen-bond acceptors (Lipinski definition) is 4. The van der Waals surface area contributed by atoms with Crippen LogP contribution in [0, 0.1) is 5.82 Å². The van der Waals surface area contributed by atoms with Crippen LogP contribution in [-0.2, 0) is 4.79 Å². The van der Waals surface area contributed by atoms with Crippen molar-refractivity contribution in [2.75, 3.05) is 18.8 Å². The highest BCUT2D eigenvalue weighted by molar-refractivity contribution is 6.10. The highest BCUT2D eigenvalue weighted by atomic mass is 19.1. The molecule has 0 unspecified atom stereocenters. The summed E-state index contributed by atoms with van der Waals surface area (Å²) in [6.07, 6.45) is 1.92. The van der Waals surface area contributed by atoms with Crippen LogP contribution in [0.1, 0.15) is 23.7 Å². The first kappa shape index (κ1) is 18.9. The van der Waals surface area contributed by atoms with Gasteiger partial charge in [0, 0.05) is 31.1 Å². The Morgan fingerprint density at radius 1 is 1.17 bits per heavy atom. The average Bonchev–Trinajstić information content (AvgIpc) is 2.70. The van der Waals surface area contributed by atoms with Crippen molar-refractivity contribution in [1.82, 2.24) is 15.2 Å². The summed E-state index contributed by atoms with van der Waals surface area (Å²) in [5, 5.41) is 4.26. The number of aromatic nitrogens is 1. The number of nitrogens with one attached hydrogen (secondary N) is 1. The van der Waals surface area contributed by atoms with E-state index in [1.165, 1.54) is 18.3 Å². The molecule has 4 rings (SSSR count). The summed E-state index contributed by atoms with van der Waals surface area (Å²) in [5.41, 5.74) is 7.97. The third kappa shape index (κ3) is 3.63. The molecular weight excluding hydrogens is 371 g/mol. The highest BCUT2D eigenvalue weighted by Gasteiger charge is 2.31. The van der Waals surface area contributed by atoms with E-state index in [2.05, 4.69) is 10.3 Å². The second kappa shape index (κ2) is 7.50. The van der Waals surface area contributed by atoms with Crippen molar-refractivity contribution in [1.29, 1.82) is 0 Å². The van der Waals surface area contributed by atoms with E-state index in [0.717, 1.165) is 11.1 Å². The Labute approximate surface area is 167 Å². The van der Waals surface area contributed by atoms with Crippen LogP contribution in [0.4, 0.5) is 10.2 Å². The average molecular weight is 392 g/mol. The second-order valence-corrected chi connectivity index (χ2v) is 7.15. The molecule has 0 saturated carbocycles. The van der Waals surface area contributed by atoms with E-state index in [0.29, 0.717) is 41.7 Å². The lowest BCUT2D eigenvalue weighted by Gasteiger charge is -2.39. The van der Waals surface area contributed by atoms with Crippen molar-refractivity contribution >= 4 is 28.4 Å². The topological polar surface area (TPSA) is 88.3 Å². The molecular formula is C22H21FN4O2. The van der Waals surface area contributed by atoms with Crippen molar-refractivity contribution in [3.05, 3.63) is 60.0 Å². The van der Waals surface area contributed by atoms with E-state index in [1.54, 1.807) is 17.0 Å². The molecule has 0 radical (unpaired) electrons. The van der Waals surface area contributed by atoms with Crippen LogP contribution in [0.5, 0.6) is 0 Å². The van der Waals surface area contributed by atoms with E-state index in [9.17, 15) is 14.0 Å². The van der Waals surface area contributed by atoms with Gasteiger partial charge in [-0.1, -0.05) is 31.2 Å². The molecule has 1 saturated heterocycles. The van der Waals surface area contributed by atoms with Gasteiger partial charge in [-0.25, -0.2) is 9.37 Å². The van der Waals surface area contributed by atoms with Crippen molar-refractivity contribution in [3.8, 4) is 11.1 Å². The third-order valence-electron chi connectivity index (χ3n) is 5.19. The van der Waals surface area contributed by atoms with Gasteiger partial charge in [0.1, 0.15) is 11.6 Å². The number of benzene rings is 2. The number of rotatable bonds is 4. The maximum absolute atomic E-state index is 13.6. The molecule has 1 aliphatic rings. The summed E-state index contributed by atoms with van der Waals surface area (Å²) < 4.78 is 13.6. The number of pyridine rings is 1. The lowest BCUT2D eigenvalue weighted by Crippen LogP contribution is -2.60. The fourth-order valence-electron chi connectivity index (χ4n) is 3.55. The normalized spacial score (nSPS) is 13.9. The first-order valence-corrected chi connectivity index (χ1v) is 9.49. The van der Waals surface area contributed by atoms with Crippen LogP contribution in [0.2, 0.25) is 0 Å². The van der Waals surface area contributed by atoms with Gasteiger partial charge in [-0.15, -0.1) is 0 Å². The van der Waals surface area contributed by atoms with E-state index in [1.807, 2.05) is 25.1 Å².